The standard InChI is InChI=1S/C31H42O3P2Si/c1-31(2,3)37(6,7)34-27(25-35(4,5)33)23-26(32)24-36(28-17-11-8-12-18-28,29-19-13-9-14-20-29)30-21-15-10-16-22-30/h8-22,24,27H,23,25H2,1-7H3/t27-/m1/s1. The summed E-state index contributed by atoms with van der Waals surface area (Å²) in [5.41, 5.74) is 0. The van der Waals surface area contributed by atoms with Gasteiger partial charge >= 0.3 is 0 Å². The van der Waals surface area contributed by atoms with Crippen LogP contribution in [0, 0.1) is 0 Å². The van der Waals surface area contributed by atoms with E-state index in [1.165, 1.54) is 0 Å². The molecule has 0 radical (unpaired) electrons. The number of benzene rings is 3. The van der Waals surface area contributed by atoms with Crippen LogP contribution in [0.4, 0.5) is 0 Å². The van der Waals surface area contributed by atoms with Crippen LogP contribution in [0.3, 0.4) is 0 Å². The van der Waals surface area contributed by atoms with Crippen LogP contribution in [0.5, 0.6) is 0 Å². The van der Waals surface area contributed by atoms with Gasteiger partial charge in [-0.3, -0.25) is 4.79 Å². The molecule has 0 N–H and O–H groups in total. The lowest BCUT2D eigenvalue weighted by molar-refractivity contribution is -0.113. The second-order valence-electron chi connectivity index (χ2n) is 11.8. The minimum atomic E-state index is -2.40. The maximum Gasteiger partial charge on any atom is 0.192 e. The summed E-state index contributed by atoms with van der Waals surface area (Å²) in [7, 11) is -4.56. The summed E-state index contributed by atoms with van der Waals surface area (Å²) < 4.78 is 19.6. The summed E-state index contributed by atoms with van der Waals surface area (Å²) in [6, 6.07) is 31.1. The van der Waals surface area contributed by atoms with Crippen LogP contribution >= 0.6 is 14.0 Å². The van der Waals surface area contributed by atoms with Crippen LogP contribution in [0.2, 0.25) is 18.1 Å². The van der Waals surface area contributed by atoms with E-state index in [9.17, 15) is 9.36 Å². The third-order valence-electron chi connectivity index (χ3n) is 7.17. The molecule has 3 nitrogen and oxygen atoms in total. The highest BCUT2D eigenvalue weighted by Gasteiger charge is 2.40. The molecule has 0 amide bonds. The number of carbonyl (C=O) groups is 1. The van der Waals surface area contributed by atoms with Gasteiger partial charge in [0.1, 0.15) is 0 Å². The predicted molar refractivity (Wildman–Crippen MR) is 167 cm³/mol. The Morgan fingerprint density at radius 2 is 1.19 bits per heavy atom. The highest BCUT2D eigenvalue weighted by molar-refractivity contribution is 7.95. The van der Waals surface area contributed by atoms with E-state index in [0.717, 1.165) is 15.9 Å². The molecule has 0 unspecified atom stereocenters. The largest absolute Gasteiger partial charge is 0.413 e. The summed E-state index contributed by atoms with van der Waals surface area (Å²) in [5, 5.41) is 3.41. The van der Waals surface area contributed by atoms with E-state index in [1.54, 1.807) is 13.3 Å². The lowest BCUT2D eigenvalue weighted by atomic mass is 10.2. The molecule has 0 bridgehead atoms. The number of rotatable bonds is 10. The van der Waals surface area contributed by atoms with E-state index in [2.05, 4.69) is 70.3 Å². The first-order valence-corrected chi connectivity index (χ1v) is 20.5. The molecule has 198 valence electrons. The Kier molecular flexibility index (Phi) is 9.46. The molecule has 0 aromatic heterocycles. The maximum absolute atomic E-state index is 14.0. The van der Waals surface area contributed by atoms with E-state index >= 15 is 0 Å². The third kappa shape index (κ3) is 7.55. The van der Waals surface area contributed by atoms with Crippen LogP contribution in [0.1, 0.15) is 27.2 Å². The summed E-state index contributed by atoms with van der Waals surface area (Å²) in [6.07, 6.45) is 0.272. The molecule has 0 saturated heterocycles. The van der Waals surface area contributed by atoms with E-state index in [-0.39, 0.29) is 23.3 Å². The van der Waals surface area contributed by atoms with Gasteiger partial charge in [-0.2, -0.15) is 0 Å². The van der Waals surface area contributed by atoms with Crippen molar-refractivity contribution in [1.29, 1.82) is 0 Å². The second kappa shape index (κ2) is 11.8. The van der Waals surface area contributed by atoms with Crippen molar-refractivity contribution >= 4 is 49.8 Å². The molecule has 0 aliphatic heterocycles. The zero-order valence-electron chi connectivity index (χ0n) is 23.3. The molecule has 6 heteroatoms. The summed E-state index contributed by atoms with van der Waals surface area (Å²) in [4.78, 5) is 14.0. The van der Waals surface area contributed by atoms with Gasteiger partial charge in [0, 0.05) is 12.6 Å². The van der Waals surface area contributed by atoms with Gasteiger partial charge in [-0.05, 0) is 60.1 Å². The monoisotopic (exact) mass is 552 g/mol. The predicted octanol–water partition coefficient (Wildman–Crippen LogP) is 6.76. The number of hydrogen-bond acceptors (Lipinski definition) is 3. The van der Waals surface area contributed by atoms with Crippen LogP contribution < -0.4 is 15.9 Å². The lowest BCUT2D eigenvalue weighted by Gasteiger charge is -2.39. The molecule has 0 aliphatic carbocycles. The van der Waals surface area contributed by atoms with E-state index in [1.807, 2.05) is 60.4 Å². The molecule has 0 saturated carbocycles. The van der Waals surface area contributed by atoms with Crippen molar-refractivity contribution in [3.8, 4) is 0 Å². The summed E-state index contributed by atoms with van der Waals surface area (Å²) in [6.45, 7) is 12.2. The average molecular weight is 553 g/mol. The molecule has 0 aliphatic rings. The molecule has 1 atom stereocenters. The Labute approximate surface area is 225 Å². The van der Waals surface area contributed by atoms with E-state index in [4.69, 9.17) is 4.43 Å². The summed E-state index contributed by atoms with van der Waals surface area (Å²) in [5.74, 6) is 2.02. The van der Waals surface area contributed by atoms with Crippen molar-refractivity contribution in [3.63, 3.8) is 0 Å². The number of ketones is 1. The van der Waals surface area contributed by atoms with Gasteiger partial charge in [0.05, 0.1) is 13.2 Å². The molecule has 0 spiro atoms. The molecule has 0 heterocycles. The van der Waals surface area contributed by atoms with Crippen molar-refractivity contribution in [2.75, 3.05) is 19.5 Å². The van der Waals surface area contributed by atoms with Crippen LogP contribution in [0.25, 0.3) is 0 Å². The zero-order valence-corrected chi connectivity index (χ0v) is 26.1. The van der Waals surface area contributed by atoms with Crippen molar-refractivity contribution < 1.29 is 13.8 Å². The second-order valence-corrected chi connectivity index (χ2v) is 23.3. The SMILES string of the molecule is CC(C)(C)[Si](C)(C)O[C@H](CC(=O)C=P(c1ccccc1)(c1ccccc1)c1ccccc1)CP(C)(C)=O. The molecule has 37 heavy (non-hydrogen) atoms. The van der Waals surface area contributed by atoms with Crippen LogP contribution in [0.15, 0.2) is 91.0 Å². The lowest BCUT2D eigenvalue weighted by Crippen LogP contribution is -2.45. The maximum atomic E-state index is 14.0. The Morgan fingerprint density at radius 3 is 1.51 bits per heavy atom. The minimum Gasteiger partial charge on any atom is -0.413 e. The third-order valence-corrected chi connectivity index (χ3v) is 17.0. The van der Waals surface area contributed by atoms with Crippen molar-refractivity contribution in [3.05, 3.63) is 91.0 Å². The fraction of sp³-hybridized carbons (Fsp3) is 0.355. The quantitative estimate of drug-likeness (QED) is 0.206. The molecular formula is C31H42O3P2Si. The Balaban J connectivity index is 2.17. The van der Waals surface area contributed by atoms with Gasteiger partial charge in [0.15, 0.2) is 14.1 Å². The Hall–Kier alpha value is -1.96. The van der Waals surface area contributed by atoms with E-state index < -0.39 is 22.3 Å². The van der Waals surface area contributed by atoms with Gasteiger partial charge in [-0.25, -0.2) is 0 Å². The fourth-order valence-electron chi connectivity index (χ4n) is 4.38. The Bertz CT molecular complexity index is 1170. The topological polar surface area (TPSA) is 43.4 Å². The Morgan fingerprint density at radius 1 is 0.811 bits per heavy atom. The minimum absolute atomic E-state index is 0.00163. The van der Waals surface area contributed by atoms with E-state index in [0.29, 0.717) is 6.16 Å². The summed E-state index contributed by atoms with van der Waals surface area (Å²) >= 11 is 0. The highest BCUT2D eigenvalue weighted by Crippen LogP contribution is 2.45. The molecular weight excluding hydrogens is 510 g/mol. The molecule has 3 aromatic carbocycles. The molecule has 3 rings (SSSR count). The smallest absolute Gasteiger partial charge is 0.192 e. The van der Waals surface area contributed by atoms with Crippen molar-refractivity contribution in [1.82, 2.24) is 0 Å². The average Bonchev–Trinajstić information content (AvgIpc) is 2.82. The van der Waals surface area contributed by atoms with Gasteiger partial charge in [-0.1, -0.05) is 112 Å². The fourth-order valence-corrected chi connectivity index (χ4v) is 10.9. The first-order chi connectivity index (χ1) is 17.2. The van der Waals surface area contributed by atoms with Gasteiger partial charge < -0.3 is 8.99 Å². The number of hydrogen-bond donors (Lipinski definition) is 0. The van der Waals surface area contributed by atoms with Gasteiger partial charge in [-0.15, -0.1) is 0 Å². The van der Waals surface area contributed by atoms with Crippen LogP contribution in [-0.2, 0) is 13.8 Å². The van der Waals surface area contributed by atoms with Gasteiger partial charge in [0.25, 0.3) is 0 Å². The van der Waals surface area contributed by atoms with Gasteiger partial charge in [0.2, 0.25) is 0 Å². The van der Waals surface area contributed by atoms with Crippen LogP contribution in [-0.4, -0.2) is 45.5 Å². The first kappa shape index (κ1) is 29.6. The van der Waals surface area contributed by atoms with Crippen molar-refractivity contribution in [2.24, 2.45) is 0 Å². The molecule has 0 fully saturated rings. The zero-order chi connectivity index (χ0) is 27.3. The van der Waals surface area contributed by atoms with Crippen molar-refractivity contribution in [2.45, 2.75) is 51.4 Å². The number of carbonyl (C=O) groups excluding carboxylic acids is 1. The normalized spacial score (nSPS) is 13.7. The first-order valence-electron chi connectivity index (χ1n) is 12.9. The molecule has 3 aromatic rings. The number of Topliss-reactive ketones (excluding diaryl/α,β-unsaturated/α-hetero) is 1. The highest BCUT2D eigenvalue weighted by atomic mass is 31.2.